The van der Waals surface area contributed by atoms with Crippen LogP contribution in [0.5, 0.6) is 0 Å². The molecule has 3 N–H and O–H groups in total. The molecule has 1 aromatic heterocycles. The van der Waals surface area contributed by atoms with E-state index in [2.05, 4.69) is 41.6 Å². The largest absolute Gasteiger partial charge is 0.348 e. The second kappa shape index (κ2) is 6.91. The number of carbonyl (C=O) groups is 1. The summed E-state index contributed by atoms with van der Waals surface area (Å²) in [6.07, 6.45) is 0.981. The Bertz CT molecular complexity index is 419. The van der Waals surface area contributed by atoms with Gasteiger partial charge in [0, 0.05) is 11.7 Å². The second-order valence-corrected chi connectivity index (χ2v) is 5.41. The van der Waals surface area contributed by atoms with Crippen LogP contribution >= 0.6 is 12.4 Å². The number of rotatable bonds is 3. The summed E-state index contributed by atoms with van der Waals surface area (Å²) in [5.41, 5.74) is 1.49. The van der Waals surface area contributed by atoms with Crippen LogP contribution in [0.2, 0.25) is 0 Å². The van der Waals surface area contributed by atoms with Crippen molar-refractivity contribution >= 4 is 18.3 Å². The number of carbonyl (C=O) groups excluding carboxylic acids is 1. The Balaban J connectivity index is 0.00000180. The molecule has 5 nitrogen and oxygen atoms in total. The third kappa shape index (κ3) is 3.94. The number of halogens is 1. The van der Waals surface area contributed by atoms with Gasteiger partial charge >= 0.3 is 0 Å². The van der Waals surface area contributed by atoms with Crippen LogP contribution in [0.15, 0.2) is 6.07 Å². The molecule has 0 saturated carbocycles. The molecule has 2 unspecified atom stereocenters. The Labute approximate surface area is 120 Å². The smallest absolute Gasteiger partial charge is 0.272 e. The number of piperidine rings is 1. The van der Waals surface area contributed by atoms with Crippen LogP contribution in [0, 0.1) is 5.92 Å². The van der Waals surface area contributed by atoms with E-state index < -0.39 is 0 Å². The van der Waals surface area contributed by atoms with Crippen LogP contribution in [-0.4, -0.2) is 35.2 Å². The molecule has 108 valence electrons. The minimum absolute atomic E-state index is 0. The average Bonchev–Trinajstić information content (AvgIpc) is 2.81. The van der Waals surface area contributed by atoms with E-state index in [9.17, 15) is 4.79 Å². The van der Waals surface area contributed by atoms with Crippen LogP contribution in [0.1, 0.15) is 49.3 Å². The van der Waals surface area contributed by atoms with E-state index in [-0.39, 0.29) is 24.4 Å². The zero-order chi connectivity index (χ0) is 13.1. The first-order valence-corrected chi connectivity index (χ1v) is 6.65. The Morgan fingerprint density at radius 2 is 2.26 bits per heavy atom. The first-order chi connectivity index (χ1) is 8.58. The average molecular weight is 287 g/mol. The highest BCUT2D eigenvalue weighted by atomic mass is 35.5. The summed E-state index contributed by atoms with van der Waals surface area (Å²) in [5.74, 6) is 0.750. The molecule has 1 saturated heterocycles. The molecule has 1 aromatic rings. The van der Waals surface area contributed by atoms with Crippen molar-refractivity contribution < 1.29 is 4.79 Å². The molecule has 0 aromatic carbocycles. The predicted octanol–water partition coefficient (Wildman–Crippen LogP) is 1.68. The van der Waals surface area contributed by atoms with Gasteiger partial charge in [-0.05, 0) is 37.4 Å². The van der Waals surface area contributed by atoms with Gasteiger partial charge in [-0.15, -0.1) is 12.4 Å². The maximum atomic E-state index is 12.1. The molecule has 0 aliphatic carbocycles. The van der Waals surface area contributed by atoms with Crippen molar-refractivity contribution in [1.29, 1.82) is 0 Å². The third-order valence-corrected chi connectivity index (χ3v) is 3.55. The lowest BCUT2D eigenvalue weighted by molar-refractivity contribution is 0.0909. The van der Waals surface area contributed by atoms with Crippen molar-refractivity contribution in [1.82, 2.24) is 20.8 Å². The number of nitrogens with zero attached hydrogens (tertiary/aromatic N) is 1. The standard InChI is InChI=1S/C13H22N4O.ClH/c1-8(2)11-6-12(17-16-11)13(18)15-10-4-5-14-7-9(10)3;/h6,8-10,14H,4-5,7H2,1-3H3,(H,15,18)(H,16,17);1H. The molecular formula is C13H23ClN4O. The van der Waals surface area contributed by atoms with Gasteiger partial charge in [0.2, 0.25) is 0 Å². The van der Waals surface area contributed by atoms with E-state index in [0.29, 0.717) is 17.5 Å². The topological polar surface area (TPSA) is 69.8 Å². The van der Waals surface area contributed by atoms with Gasteiger partial charge in [0.1, 0.15) is 5.69 Å². The maximum absolute atomic E-state index is 12.1. The van der Waals surface area contributed by atoms with Crippen LogP contribution in [-0.2, 0) is 0 Å². The Morgan fingerprint density at radius 3 is 2.84 bits per heavy atom. The fraction of sp³-hybridized carbons (Fsp3) is 0.692. The molecule has 1 fully saturated rings. The van der Waals surface area contributed by atoms with Crippen molar-refractivity contribution in [3.8, 4) is 0 Å². The van der Waals surface area contributed by atoms with Gasteiger partial charge in [0.15, 0.2) is 0 Å². The summed E-state index contributed by atoms with van der Waals surface area (Å²) in [4.78, 5) is 12.1. The lowest BCUT2D eigenvalue weighted by Crippen LogP contribution is -2.48. The lowest BCUT2D eigenvalue weighted by Gasteiger charge is -2.29. The summed E-state index contributed by atoms with van der Waals surface area (Å²) >= 11 is 0. The van der Waals surface area contributed by atoms with Crippen molar-refractivity contribution in [2.75, 3.05) is 13.1 Å². The monoisotopic (exact) mass is 286 g/mol. The maximum Gasteiger partial charge on any atom is 0.272 e. The normalized spacial score (nSPS) is 22.9. The van der Waals surface area contributed by atoms with E-state index in [1.54, 1.807) is 0 Å². The molecule has 0 bridgehead atoms. The highest BCUT2D eigenvalue weighted by Gasteiger charge is 2.24. The summed E-state index contributed by atoms with van der Waals surface area (Å²) in [7, 11) is 0. The van der Waals surface area contributed by atoms with Gasteiger partial charge in [-0.25, -0.2) is 0 Å². The van der Waals surface area contributed by atoms with E-state index >= 15 is 0 Å². The molecule has 6 heteroatoms. The summed E-state index contributed by atoms with van der Waals surface area (Å²) < 4.78 is 0. The number of hydrogen-bond acceptors (Lipinski definition) is 3. The molecule has 0 spiro atoms. The molecule has 1 aliphatic rings. The van der Waals surface area contributed by atoms with Crippen LogP contribution in [0.4, 0.5) is 0 Å². The molecule has 2 rings (SSSR count). The number of aromatic amines is 1. The number of hydrogen-bond donors (Lipinski definition) is 3. The van der Waals surface area contributed by atoms with Gasteiger partial charge in [-0.2, -0.15) is 5.10 Å². The van der Waals surface area contributed by atoms with E-state index in [1.807, 2.05) is 6.07 Å². The van der Waals surface area contributed by atoms with E-state index in [1.165, 1.54) is 0 Å². The van der Waals surface area contributed by atoms with E-state index in [0.717, 1.165) is 25.2 Å². The van der Waals surface area contributed by atoms with Crippen molar-refractivity contribution in [2.24, 2.45) is 5.92 Å². The zero-order valence-corrected chi connectivity index (χ0v) is 12.5. The van der Waals surface area contributed by atoms with Gasteiger partial charge in [-0.1, -0.05) is 20.8 Å². The molecule has 0 radical (unpaired) electrons. The zero-order valence-electron chi connectivity index (χ0n) is 11.7. The molecule has 1 amide bonds. The first kappa shape index (κ1) is 16.0. The lowest BCUT2D eigenvalue weighted by atomic mass is 9.95. The Hall–Kier alpha value is -1.07. The van der Waals surface area contributed by atoms with E-state index in [4.69, 9.17) is 0 Å². The van der Waals surface area contributed by atoms with Gasteiger partial charge in [0.05, 0.1) is 0 Å². The molecule has 2 atom stereocenters. The van der Waals surface area contributed by atoms with Gasteiger partial charge < -0.3 is 10.6 Å². The van der Waals surface area contributed by atoms with Crippen LogP contribution in [0.3, 0.4) is 0 Å². The fourth-order valence-corrected chi connectivity index (χ4v) is 2.22. The predicted molar refractivity (Wildman–Crippen MR) is 77.8 cm³/mol. The number of amides is 1. The number of nitrogens with one attached hydrogen (secondary N) is 3. The minimum atomic E-state index is -0.0723. The minimum Gasteiger partial charge on any atom is -0.348 e. The SMILES string of the molecule is CC(C)c1cc(C(=O)NC2CCNCC2C)n[nH]1.Cl. The number of H-pyrrole nitrogens is 1. The summed E-state index contributed by atoms with van der Waals surface area (Å²) in [6.45, 7) is 8.23. The molecule has 19 heavy (non-hydrogen) atoms. The quantitative estimate of drug-likeness (QED) is 0.792. The molecule has 1 aliphatic heterocycles. The second-order valence-electron chi connectivity index (χ2n) is 5.41. The van der Waals surface area contributed by atoms with Crippen molar-refractivity contribution in [3.63, 3.8) is 0 Å². The highest BCUT2D eigenvalue weighted by molar-refractivity contribution is 5.92. The third-order valence-electron chi connectivity index (χ3n) is 3.55. The van der Waals surface area contributed by atoms with Gasteiger partial charge in [0.25, 0.3) is 5.91 Å². The molecule has 2 heterocycles. The van der Waals surface area contributed by atoms with Crippen LogP contribution in [0.25, 0.3) is 0 Å². The van der Waals surface area contributed by atoms with Crippen molar-refractivity contribution in [3.05, 3.63) is 17.5 Å². The summed E-state index contributed by atoms with van der Waals surface area (Å²) in [6, 6.07) is 2.09. The fourth-order valence-electron chi connectivity index (χ4n) is 2.22. The molecular weight excluding hydrogens is 264 g/mol. The van der Waals surface area contributed by atoms with Crippen molar-refractivity contribution in [2.45, 2.75) is 39.2 Å². The summed E-state index contributed by atoms with van der Waals surface area (Å²) in [5, 5.41) is 13.4. The first-order valence-electron chi connectivity index (χ1n) is 6.65. The Morgan fingerprint density at radius 1 is 1.53 bits per heavy atom. The van der Waals surface area contributed by atoms with Gasteiger partial charge in [-0.3, -0.25) is 9.89 Å². The Kier molecular flexibility index (Phi) is 5.82. The number of aromatic nitrogens is 2. The highest BCUT2D eigenvalue weighted by Crippen LogP contribution is 2.14. The van der Waals surface area contributed by atoms with Crippen LogP contribution < -0.4 is 10.6 Å².